The van der Waals surface area contributed by atoms with Gasteiger partial charge in [0.05, 0.1) is 5.56 Å². The minimum absolute atomic E-state index is 0.0337. The second kappa shape index (κ2) is 5.90. The van der Waals surface area contributed by atoms with Gasteiger partial charge in [-0.05, 0) is 25.5 Å². The van der Waals surface area contributed by atoms with Gasteiger partial charge in [-0.25, -0.2) is 0 Å². The zero-order valence-electron chi connectivity index (χ0n) is 10.5. The van der Waals surface area contributed by atoms with Gasteiger partial charge >= 0.3 is 6.18 Å². The molecule has 0 fully saturated rings. The minimum Gasteiger partial charge on any atom is -0.345 e. The lowest BCUT2D eigenvalue weighted by Gasteiger charge is -2.27. The summed E-state index contributed by atoms with van der Waals surface area (Å²) in [6, 6.07) is 1.92. The molecule has 1 aromatic rings. The summed E-state index contributed by atoms with van der Waals surface area (Å²) in [6.07, 6.45) is -3.10. The van der Waals surface area contributed by atoms with E-state index in [1.807, 2.05) is 13.8 Å². The van der Waals surface area contributed by atoms with Crippen LogP contribution < -0.4 is 5.32 Å². The van der Waals surface area contributed by atoms with Crippen molar-refractivity contribution < 1.29 is 18.0 Å². The van der Waals surface area contributed by atoms with Gasteiger partial charge in [-0.1, -0.05) is 22.9 Å². The van der Waals surface area contributed by atoms with E-state index in [9.17, 15) is 18.0 Å². The molecule has 0 spiro atoms. The van der Waals surface area contributed by atoms with Gasteiger partial charge < -0.3 is 5.32 Å². The van der Waals surface area contributed by atoms with Crippen LogP contribution in [0.25, 0.3) is 0 Å². The molecule has 0 saturated heterocycles. The van der Waals surface area contributed by atoms with Crippen LogP contribution in [0, 0.1) is 0 Å². The Morgan fingerprint density at radius 3 is 2.42 bits per heavy atom. The van der Waals surface area contributed by atoms with Crippen LogP contribution in [0.3, 0.4) is 0 Å². The Labute approximate surface area is 117 Å². The minimum atomic E-state index is -4.45. The fraction of sp³-hybridized carbons (Fsp3) is 0.500. The molecular weight excluding hydrogens is 325 g/mol. The highest BCUT2D eigenvalue weighted by molar-refractivity contribution is 9.09. The van der Waals surface area contributed by atoms with Crippen LogP contribution in [0.4, 0.5) is 13.2 Å². The maximum absolute atomic E-state index is 12.4. The average molecular weight is 339 g/mol. The summed E-state index contributed by atoms with van der Waals surface area (Å²) in [7, 11) is 0. The van der Waals surface area contributed by atoms with E-state index in [-0.39, 0.29) is 5.69 Å². The standard InChI is InChI=1S/C12H14BrF3N2O/c1-3-11(2,7-13)18-10(19)9-5-4-8(6-17-9)12(14,15)16/h4-6H,3,7H2,1-2H3,(H,18,19). The Kier molecular flexibility index (Phi) is 4.95. The number of pyridine rings is 1. The fourth-order valence-corrected chi connectivity index (χ4v) is 1.79. The van der Waals surface area contributed by atoms with Gasteiger partial charge in [0, 0.05) is 17.1 Å². The first kappa shape index (κ1) is 15.9. The molecule has 1 N–H and O–H groups in total. The van der Waals surface area contributed by atoms with Gasteiger partial charge in [-0.3, -0.25) is 9.78 Å². The first-order valence-corrected chi connectivity index (χ1v) is 6.76. The average Bonchev–Trinajstić information content (AvgIpc) is 2.37. The highest BCUT2D eigenvalue weighted by atomic mass is 79.9. The lowest BCUT2D eigenvalue weighted by molar-refractivity contribution is -0.137. The second-order valence-electron chi connectivity index (χ2n) is 4.43. The molecule has 0 saturated carbocycles. The van der Waals surface area contributed by atoms with E-state index < -0.39 is 23.2 Å². The molecule has 0 aliphatic heterocycles. The largest absolute Gasteiger partial charge is 0.417 e. The monoisotopic (exact) mass is 338 g/mol. The molecular formula is C12H14BrF3N2O. The molecule has 0 radical (unpaired) electrons. The van der Waals surface area contributed by atoms with Crippen molar-refractivity contribution in [2.75, 3.05) is 5.33 Å². The molecule has 1 unspecified atom stereocenters. The number of rotatable bonds is 4. The van der Waals surface area contributed by atoms with Crippen LogP contribution in [0.1, 0.15) is 36.3 Å². The zero-order chi connectivity index (χ0) is 14.7. The summed E-state index contributed by atoms with van der Waals surface area (Å²) in [4.78, 5) is 15.4. The van der Waals surface area contributed by atoms with E-state index in [0.29, 0.717) is 17.9 Å². The normalized spacial score (nSPS) is 14.8. The molecule has 1 atom stereocenters. The number of halogens is 4. The number of alkyl halides is 4. The summed E-state index contributed by atoms with van der Waals surface area (Å²) in [5, 5.41) is 3.28. The van der Waals surface area contributed by atoms with Gasteiger partial charge in [-0.2, -0.15) is 13.2 Å². The van der Waals surface area contributed by atoms with E-state index in [1.54, 1.807) is 0 Å². The summed E-state index contributed by atoms with van der Waals surface area (Å²) in [5.41, 5.74) is -1.36. The Bertz CT molecular complexity index is 441. The van der Waals surface area contributed by atoms with Crippen molar-refractivity contribution in [3.8, 4) is 0 Å². The third-order valence-corrected chi connectivity index (χ3v) is 4.05. The Hall–Kier alpha value is -1.11. The van der Waals surface area contributed by atoms with Crippen LogP contribution in [-0.4, -0.2) is 21.8 Å². The summed E-state index contributed by atoms with van der Waals surface area (Å²) in [5.74, 6) is -0.488. The first-order chi connectivity index (χ1) is 8.72. The van der Waals surface area contributed by atoms with Gasteiger partial charge in [0.1, 0.15) is 5.69 Å². The van der Waals surface area contributed by atoms with Crippen molar-refractivity contribution in [3.63, 3.8) is 0 Å². The SMILES string of the molecule is CCC(C)(CBr)NC(=O)c1ccc(C(F)(F)F)cn1. The number of amides is 1. The molecule has 106 valence electrons. The summed E-state index contributed by atoms with van der Waals surface area (Å²) in [6.45, 7) is 3.74. The Balaban J connectivity index is 2.85. The predicted molar refractivity (Wildman–Crippen MR) is 69.2 cm³/mol. The van der Waals surface area contributed by atoms with Gasteiger partial charge in [0.2, 0.25) is 0 Å². The quantitative estimate of drug-likeness (QED) is 0.855. The van der Waals surface area contributed by atoms with Gasteiger partial charge in [-0.15, -0.1) is 0 Å². The second-order valence-corrected chi connectivity index (χ2v) is 4.99. The highest BCUT2D eigenvalue weighted by Gasteiger charge is 2.31. The molecule has 1 heterocycles. The topological polar surface area (TPSA) is 42.0 Å². The van der Waals surface area contributed by atoms with Crippen LogP contribution in [0.2, 0.25) is 0 Å². The first-order valence-electron chi connectivity index (χ1n) is 5.63. The van der Waals surface area contributed by atoms with E-state index in [0.717, 1.165) is 12.1 Å². The molecule has 0 aliphatic rings. The molecule has 0 bridgehead atoms. The Morgan fingerprint density at radius 1 is 1.42 bits per heavy atom. The molecule has 7 heteroatoms. The number of hydrogen-bond donors (Lipinski definition) is 1. The van der Waals surface area contributed by atoms with Crippen molar-refractivity contribution >= 4 is 21.8 Å². The van der Waals surface area contributed by atoms with Crippen LogP contribution >= 0.6 is 15.9 Å². The van der Waals surface area contributed by atoms with Crippen molar-refractivity contribution in [3.05, 3.63) is 29.6 Å². The number of carbonyl (C=O) groups is 1. The molecule has 1 rings (SSSR count). The number of nitrogens with one attached hydrogen (secondary N) is 1. The molecule has 0 aromatic carbocycles. The number of hydrogen-bond acceptors (Lipinski definition) is 2. The maximum atomic E-state index is 12.4. The van der Waals surface area contributed by atoms with Crippen molar-refractivity contribution in [1.82, 2.24) is 10.3 Å². The molecule has 1 amide bonds. The third-order valence-electron chi connectivity index (χ3n) is 2.81. The fourth-order valence-electron chi connectivity index (χ4n) is 1.25. The smallest absolute Gasteiger partial charge is 0.345 e. The van der Waals surface area contributed by atoms with E-state index in [1.165, 1.54) is 0 Å². The van der Waals surface area contributed by atoms with Crippen LogP contribution in [0.15, 0.2) is 18.3 Å². The van der Waals surface area contributed by atoms with Gasteiger partial charge in [0.25, 0.3) is 5.91 Å². The molecule has 19 heavy (non-hydrogen) atoms. The predicted octanol–water partition coefficient (Wildman–Crippen LogP) is 3.39. The molecule has 0 aliphatic carbocycles. The number of carbonyl (C=O) groups excluding carboxylic acids is 1. The molecule has 3 nitrogen and oxygen atoms in total. The maximum Gasteiger partial charge on any atom is 0.417 e. The van der Waals surface area contributed by atoms with Crippen molar-refractivity contribution in [1.29, 1.82) is 0 Å². The lowest BCUT2D eigenvalue weighted by Crippen LogP contribution is -2.47. The Morgan fingerprint density at radius 2 is 2.05 bits per heavy atom. The lowest BCUT2D eigenvalue weighted by atomic mass is 10.0. The number of aromatic nitrogens is 1. The number of nitrogens with zero attached hydrogens (tertiary/aromatic N) is 1. The summed E-state index contributed by atoms with van der Waals surface area (Å²) >= 11 is 3.29. The van der Waals surface area contributed by atoms with Crippen LogP contribution in [0.5, 0.6) is 0 Å². The van der Waals surface area contributed by atoms with E-state index in [2.05, 4.69) is 26.2 Å². The van der Waals surface area contributed by atoms with Crippen molar-refractivity contribution in [2.24, 2.45) is 0 Å². The zero-order valence-corrected chi connectivity index (χ0v) is 12.1. The van der Waals surface area contributed by atoms with Crippen LogP contribution in [-0.2, 0) is 6.18 Å². The molecule has 1 aromatic heterocycles. The van der Waals surface area contributed by atoms with Gasteiger partial charge in [0.15, 0.2) is 0 Å². The van der Waals surface area contributed by atoms with Crippen molar-refractivity contribution in [2.45, 2.75) is 32.0 Å². The third kappa shape index (κ3) is 4.19. The highest BCUT2D eigenvalue weighted by Crippen LogP contribution is 2.28. The van der Waals surface area contributed by atoms with E-state index in [4.69, 9.17) is 0 Å². The van der Waals surface area contributed by atoms with E-state index >= 15 is 0 Å². The summed E-state index contributed by atoms with van der Waals surface area (Å²) < 4.78 is 37.1.